The van der Waals surface area contributed by atoms with Crippen molar-refractivity contribution in [2.45, 2.75) is 32.6 Å². The lowest BCUT2D eigenvalue weighted by atomic mass is 10.2. The second-order valence-corrected chi connectivity index (χ2v) is 6.24. The van der Waals surface area contributed by atoms with E-state index in [9.17, 15) is 4.79 Å². The first-order valence-electron chi connectivity index (χ1n) is 8.08. The van der Waals surface area contributed by atoms with Crippen molar-refractivity contribution in [1.29, 1.82) is 0 Å². The lowest BCUT2D eigenvalue weighted by molar-refractivity contribution is -0.116. The molecule has 0 bridgehead atoms. The van der Waals surface area contributed by atoms with Gasteiger partial charge in [0.1, 0.15) is 0 Å². The van der Waals surface area contributed by atoms with Gasteiger partial charge in [0.25, 0.3) is 0 Å². The number of hydrogen-bond acceptors (Lipinski definition) is 6. The number of amidine groups is 1. The number of hydrogen-bond donors (Lipinski definition) is 1. The lowest BCUT2D eigenvalue weighted by Gasteiger charge is -2.12. The zero-order chi connectivity index (χ0) is 17.2. The Labute approximate surface area is 146 Å². The van der Waals surface area contributed by atoms with E-state index in [1.54, 1.807) is 13.3 Å². The molecule has 1 saturated heterocycles. The van der Waals surface area contributed by atoms with E-state index in [0.29, 0.717) is 29.0 Å². The van der Waals surface area contributed by atoms with Gasteiger partial charge in [0.05, 0.1) is 25.7 Å². The fourth-order valence-corrected chi connectivity index (χ4v) is 2.81. The average Bonchev–Trinajstić information content (AvgIpc) is 3.00. The van der Waals surface area contributed by atoms with Crippen LogP contribution in [0.1, 0.15) is 38.2 Å². The predicted molar refractivity (Wildman–Crippen MR) is 98.3 cm³/mol. The van der Waals surface area contributed by atoms with Crippen molar-refractivity contribution in [2.75, 3.05) is 19.5 Å². The van der Waals surface area contributed by atoms with Crippen LogP contribution < -0.4 is 14.8 Å². The minimum absolute atomic E-state index is 0.0496. The average molecular weight is 349 g/mol. The van der Waals surface area contributed by atoms with Crippen molar-refractivity contribution in [3.8, 4) is 11.5 Å². The van der Waals surface area contributed by atoms with Crippen LogP contribution in [-0.4, -0.2) is 36.8 Å². The first-order valence-corrected chi connectivity index (χ1v) is 9.06. The second-order valence-electron chi connectivity index (χ2n) is 5.27. The van der Waals surface area contributed by atoms with E-state index in [1.165, 1.54) is 24.6 Å². The molecule has 1 aromatic rings. The van der Waals surface area contributed by atoms with Crippen molar-refractivity contribution in [2.24, 2.45) is 10.2 Å². The van der Waals surface area contributed by atoms with Crippen LogP contribution in [0.15, 0.2) is 28.4 Å². The molecule has 130 valence electrons. The van der Waals surface area contributed by atoms with Crippen molar-refractivity contribution in [3.63, 3.8) is 0 Å². The molecule has 1 aliphatic heterocycles. The van der Waals surface area contributed by atoms with Crippen LogP contribution in [0.5, 0.6) is 11.5 Å². The number of methoxy groups -OCH3 is 1. The summed E-state index contributed by atoms with van der Waals surface area (Å²) in [7, 11) is 1.62. The van der Waals surface area contributed by atoms with Crippen LogP contribution >= 0.6 is 11.8 Å². The van der Waals surface area contributed by atoms with Crippen molar-refractivity contribution in [3.05, 3.63) is 23.8 Å². The van der Waals surface area contributed by atoms with Gasteiger partial charge < -0.3 is 14.8 Å². The molecule has 0 unspecified atom stereocenters. The molecule has 1 aliphatic rings. The summed E-state index contributed by atoms with van der Waals surface area (Å²) >= 11 is 1.34. The highest BCUT2D eigenvalue weighted by Crippen LogP contribution is 2.30. The summed E-state index contributed by atoms with van der Waals surface area (Å²) in [5.74, 6) is 1.68. The van der Waals surface area contributed by atoms with Gasteiger partial charge in [-0.05, 0) is 18.6 Å². The molecule has 0 radical (unpaired) electrons. The molecular weight excluding hydrogens is 326 g/mol. The van der Waals surface area contributed by atoms with Gasteiger partial charge in [-0.25, -0.2) is 0 Å². The van der Waals surface area contributed by atoms with Crippen LogP contribution in [0.3, 0.4) is 0 Å². The number of carbonyl (C=O) groups excluding carboxylic acids is 1. The normalized spacial score (nSPS) is 15.9. The van der Waals surface area contributed by atoms with Crippen LogP contribution in [0, 0.1) is 0 Å². The smallest absolute Gasteiger partial charge is 0.236 e. The zero-order valence-corrected chi connectivity index (χ0v) is 14.9. The Hall–Kier alpha value is -2.02. The minimum Gasteiger partial charge on any atom is -0.493 e. The maximum atomic E-state index is 11.1. The first kappa shape index (κ1) is 18.3. The summed E-state index contributed by atoms with van der Waals surface area (Å²) in [6.45, 7) is 2.82. The third-order valence-electron chi connectivity index (χ3n) is 3.41. The highest BCUT2D eigenvalue weighted by Gasteiger charge is 2.16. The summed E-state index contributed by atoms with van der Waals surface area (Å²) in [6, 6.07) is 5.63. The molecule has 0 aromatic heterocycles. The van der Waals surface area contributed by atoms with Gasteiger partial charge in [-0.1, -0.05) is 44.0 Å². The molecule has 0 saturated carbocycles. The summed E-state index contributed by atoms with van der Waals surface area (Å²) in [6.07, 6.45) is 6.18. The minimum atomic E-state index is -0.0496. The molecule has 0 spiro atoms. The maximum Gasteiger partial charge on any atom is 0.236 e. The van der Waals surface area contributed by atoms with Gasteiger partial charge in [-0.2, -0.15) is 5.10 Å². The standard InChI is InChI=1S/C17H23N3O3S/c1-3-4-5-6-10-23-16-13(8-7-9-14(16)22-2)11-18-20-17-19-15(21)12-24-17/h7-9,11H,3-6,10,12H2,1-2H3,(H,19,20,21). The molecule has 0 atom stereocenters. The highest BCUT2D eigenvalue weighted by molar-refractivity contribution is 8.15. The largest absolute Gasteiger partial charge is 0.493 e. The van der Waals surface area contributed by atoms with Crippen LogP contribution in [-0.2, 0) is 4.79 Å². The number of nitrogens with one attached hydrogen (secondary N) is 1. The molecule has 1 amide bonds. The molecule has 1 N–H and O–H groups in total. The fourth-order valence-electron chi connectivity index (χ4n) is 2.18. The van der Waals surface area contributed by atoms with Crippen molar-refractivity contribution < 1.29 is 14.3 Å². The number of unbranched alkanes of at least 4 members (excludes halogenated alkanes) is 3. The Kier molecular flexibility index (Phi) is 7.61. The zero-order valence-electron chi connectivity index (χ0n) is 14.1. The highest BCUT2D eigenvalue weighted by atomic mass is 32.2. The van der Waals surface area contributed by atoms with Crippen LogP contribution in [0.25, 0.3) is 0 Å². The number of rotatable bonds is 9. The van der Waals surface area contributed by atoms with Crippen molar-refractivity contribution >= 4 is 29.1 Å². The Morgan fingerprint density at radius 3 is 2.92 bits per heavy atom. The molecule has 0 aliphatic carbocycles. The number of carbonyl (C=O) groups is 1. The number of para-hydroxylation sites is 1. The molecule has 1 aromatic carbocycles. The number of amides is 1. The molecule has 7 heteroatoms. The summed E-state index contributed by atoms with van der Waals surface area (Å²) in [4.78, 5) is 11.1. The van der Waals surface area contributed by atoms with Gasteiger partial charge >= 0.3 is 0 Å². The molecule has 2 rings (SSSR count). The number of nitrogens with zero attached hydrogens (tertiary/aromatic N) is 2. The monoisotopic (exact) mass is 349 g/mol. The molecule has 1 fully saturated rings. The Morgan fingerprint density at radius 1 is 1.33 bits per heavy atom. The Morgan fingerprint density at radius 2 is 2.21 bits per heavy atom. The van der Waals surface area contributed by atoms with E-state index in [-0.39, 0.29) is 5.91 Å². The molecule has 1 heterocycles. The molecule has 24 heavy (non-hydrogen) atoms. The predicted octanol–water partition coefficient (Wildman–Crippen LogP) is 3.21. The second kappa shape index (κ2) is 9.97. The van der Waals surface area contributed by atoms with E-state index < -0.39 is 0 Å². The Balaban J connectivity index is 2.03. The van der Waals surface area contributed by atoms with Gasteiger partial charge in [-0.3, -0.25) is 4.79 Å². The van der Waals surface area contributed by atoms with Gasteiger partial charge in [0.2, 0.25) is 5.91 Å². The number of ether oxygens (including phenoxy) is 2. The summed E-state index contributed by atoms with van der Waals surface area (Å²) < 4.78 is 11.3. The third kappa shape index (κ3) is 5.56. The van der Waals surface area contributed by atoms with Gasteiger partial charge in [0, 0.05) is 5.56 Å². The van der Waals surface area contributed by atoms with Crippen LogP contribution in [0.2, 0.25) is 0 Å². The Bertz CT molecular complexity index is 617. The van der Waals surface area contributed by atoms with Gasteiger partial charge in [-0.15, -0.1) is 5.10 Å². The van der Waals surface area contributed by atoms with E-state index in [2.05, 4.69) is 22.4 Å². The van der Waals surface area contributed by atoms with E-state index in [0.717, 1.165) is 18.4 Å². The van der Waals surface area contributed by atoms with E-state index in [4.69, 9.17) is 9.47 Å². The van der Waals surface area contributed by atoms with E-state index >= 15 is 0 Å². The fraction of sp³-hybridized carbons (Fsp3) is 0.471. The summed E-state index contributed by atoms with van der Waals surface area (Å²) in [5.41, 5.74) is 0.795. The van der Waals surface area contributed by atoms with Crippen LogP contribution in [0.4, 0.5) is 0 Å². The maximum absolute atomic E-state index is 11.1. The van der Waals surface area contributed by atoms with Gasteiger partial charge in [0.15, 0.2) is 16.7 Å². The van der Waals surface area contributed by atoms with Crippen molar-refractivity contribution in [1.82, 2.24) is 5.32 Å². The topological polar surface area (TPSA) is 72.3 Å². The number of benzene rings is 1. The first-order chi connectivity index (χ1) is 11.7. The SMILES string of the molecule is CCCCCCOc1c(C=NN=C2NC(=O)CS2)cccc1OC. The lowest BCUT2D eigenvalue weighted by Crippen LogP contribution is -2.19. The van der Waals surface area contributed by atoms with E-state index in [1.807, 2.05) is 18.2 Å². The number of thioether (sulfide) groups is 1. The quantitative estimate of drug-likeness (QED) is 0.422. The molecular formula is C17H23N3O3S. The third-order valence-corrected chi connectivity index (χ3v) is 4.27. The summed E-state index contributed by atoms with van der Waals surface area (Å²) in [5, 5.41) is 11.2. The molecule has 6 nitrogen and oxygen atoms in total.